The molecule has 0 spiro atoms. The van der Waals surface area contributed by atoms with E-state index in [9.17, 15) is 9.59 Å². The number of hydrogen-bond acceptors (Lipinski definition) is 5. The summed E-state index contributed by atoms with van der Waals surface area (Å²) < 4.78 is 0. The van der Waals surface area contributed by atoms with Crippen LogP contribution in [0.15, 0.2) is 18.5 Å². The minimum Gasteiger partial charge on any atom is -0.506 e. The van der Waals surface area contributed by atoms with Gasteiger partial charge in [0.1, 0.15) is 5.75 Å². The number of carbonyl (C=O) groups excluding carboxylic acids is 1. The highest BCUT2D eigenvalue weighted by atomic mass is 16.4. The van der Waals surface area contributed by atoms with Crippen molar-refractivity contribution in [2.75, 3.05) is 6.61 Å². The summed E-state index contributed by atoms with van der Waals surface area (Å²) in [7, 11) is 0. The van der Waals surface area contributed by atoms with E-state index in [4.69, 9.17) is 15.3 Å². The van der Waals surface area contributed by atoms with Gasteiger partial charge in [-0.05, 0) is 6.07 Å². The van der Waals surface area contributed by atoms with E-state index in [1.54, 1.807) is 0 Å². The predicted molar refractivity (Wildman–Crippen MR) is 51.9 cm³/mol. The van der Waals surface area contributed by atoms with E-state index in [1.165, 1.54) is 6.20 Å². The van der Waals surface area contributed by atoms with Crippen LogP contribution in [0.4, 0.5) is 0 Å². The Morgan fingerprint density at radius 3 is 2.62 bits per heavy atom. The zero-order valence-electron chi connectivity index (χ0n) is 8.12. The number of nitrogens with one attached hydrogen (secondary N) is 1. The smallest absolute Gasteiger partial charge is 0.328 e. The lowest BCUT2D eigenvalue weighted by molar-refractivity contribution is -0.140. The molecule has 7 nitrogen and oxygen atoms in total. The second-order valence-corrected chi connectivity index (χ2v) is 2.98. The first kappa shape index (κ1) is 11.9. The van der Waals surface area contributed by atoms with Crippen LogP contribution < -0.4 is 5.32 Å². The summed E-state index contributed by atoms with van der Waals surface area (Å²) in [6.07, 6.45) is 2.31. The fourth-order valence-electron chi connectivity index (χ4n) is 0.979. The molecular weight excluding hydrogens is 216 g/mol. The third kappa shape index (κ3) is 2.92. The monoisotopic (exact) mass is 226 g/mol. The third-order valence-corrected chi connectivity index (χ3v) is 1.77. The molecule has 0 aliphatic heterocycles. The number of carboxylic acid groups (broad SMARTS) is 1. The van der Waals surface area contributed by atoms with Gasteiger partial charge >= 0.3 is 5.97 Å². The first-order chi connectivity index (χ1) is 7.54. The molecule has 1 amide bonds. The molecule has 1 unspecified atom stereocenters. The number of carbonyl (C=O) groups is 2. The van der Waals surface area contributed by atoms with Crippen LogP contribution >= 0.6 is 0 Å². The Kier molecular flexibility index (Phi) is 3.78. The van der Waals surface area contributed by atoms with E-state index in [0.717, 1.165) is 12.3 Å². The van der Waals surface area contributed by atoms with Gasteiger partial charge in [0.2, 0.25) is 0 Å². The van der Waals surface area contributed by atoms with Crippen molar-refractivity contribution in [3.63, 3.8) is 0 Å². The van der Waals surface area contributed by atoms with Gasteiger partial charge in [0, 0.05) is 6.20 Å². The second kappa shape index (κ2) is 5.08. The summed E-state index contributed by atoms with van der Waals surface area (Å²) in [6.45, 7) is -0.715. The van der Waals surface area contributed by atoms with Crippen molar-refractivity contribution in [3.8, 4) is 5.75 Å². The van der Waals surface area contributed by atoms with Crippen molar-refractivity contribution >= 4 is 11.9 Å². The van der Waals surface area contributed by atoms with Crippen LogP contribution in [0.25, 0.3) is 0 Å². The van der Waals surface area contributed by atoms with Crippen LogP contribution in [0.1, 0.15) is 10.4 Å². The Morgan fingerprint density at radius 2 is 2.12 bits per heavy atom. The number of nitrogens with zero attached hydrogens (tertiary/aromatic N) is 1. The zero-order chi connectivity index (χ0) is 12.1. The van der Waals surface area contributed by atoms with E-state index in [1.807, 2.05) is 0 Å². The minimum atomic E-state index is -1.38. The molecule has 4 N–H and O–H groups in total. The Bertz CT molecular complexity index is 407. The van der Waals surface area contributed by atoms with Crippen molar-refractivity contribution in [2.45, 2.75) is 6.04 Å². The molecular formula is C9H10N2O5. The zero-order valence-corrected chi connectivity index (χ0v) is 8.12. The van der Waals surface area contributed by atoms with Gasteiger partial charge < -0.3 is 20.6 Å². The van der Waals surface area contributed by atoms with Gasteiger partial charge in [-0.2, -0.15) is 0 Å². The largest absolute Gasteiger partial charge is 0.506 e. The van der Waals surface area contributed by atoms with Crippen LogP contribution in [0.5, 0.6) is 5.75 Å². The number of aromatic nitrogens is 1. The lowest BCUT2D eigenvalue weighted by Crippen LogP contribution is -2.43. The lowest BCUT2D eigenvalue weighted by Gasteiger charge is -2.11. The molecule has 1 atom stereocenters. The number of rotatable bonds is 4. The Balaban J connectivity index is 2.75. The highest BCUT2D eigenvalue weighted by Gasteiger charge is 2.19. The number of pyridine rings is 1. The summed E-state index contributed by atoms with van der Waals surface area (Å²) in [4.78, 5) is 25.5. The van der Waals surface area contributed by atoms with Crippen molar-refractivity contribution in [1.82, 2.24) is 10.3 Å². The quantitative estimate of drug-likeness (QED) is 0.520. The highest BCUT2D eigenvalue weighted by Crippen LogP contribution is 2.08. The van der Waals surface area contributed by atoms with E-state index in [-0.39, 0.29) is 11.3 Å². The van der Waals surface area contributed by atoms with Crippen LogP contribution in [-0.2, 0) is 4.79 Å². The molecule has 0 saturated carbocycles. The molecule has 0 aliphatic rings. The Labute approximate surface area is 90.4 Å². The molecule has 0 bridgehead atoms. The van der Waals surface area contributed by atoms with Crippen LogP contribution in [-0.4, -0.2) is 44.8 Å². The van der Waals surface area contributed by atoms with Gasteiger partial charge in [0.05, 0.1) is 18.4 Å². The molecule has 1 heterocycles. The third-order valence-electron chi connectivity index (χ3n) is 1.77. The van der Waals surface area contributed by atoms with E-state index < -0.39 is 24.5 Å². The first-order valence-electron chi connectivity index (χ1n) is 4.33. The van der Waals surface area contributed by atoms with Gasteiger partial charge in [0.25, 0.3) is 5.91 Å². The lowest BCUT2D eigenvalue weighted by atomic mass is 10.2. The van der Waals surface area contributed by atoms with E-state index in [0.29, 0.717) is 0 Å². The van der Waals surface area contributed by atoms with Gasteiger partial charge in [-0.1, -0.05) is 0 Å². The maximum absolute atomic E-state index is 11.4. The molecule has 0 saturated heterocycles. The molecule has 86 valence electrons. The summed E-state index contributed by atoms with van der Waals surface area (Å²) in [5, 5.41) is 28.4. The minimum absolute atomic E-state index is 0.0136. The van der Waals surface area contributed by atoms with Gasteiger partial charge in [-0.15, -0.1) is 0 Å². The maximum Gasteiger partial charge on any atom is 0.328 e. The van der Waals surface area contributed by atoms with Gasteiger partial charge in [-0.25, -0.2) is 4.79 Å². The summed E-state index contributed by atoms with van der Waals surface area (Å²) in [5.74, 6) is -2.28. The van der Waals surface area contributed by atoms with Crippen LogP contribution in [0.3, 0.4) is 0 Å². The number of aliphatic hydroxyl groups excluding tert-OH is 1. The molecule has 0 radical (unpaired) electrons. The number of amides is 1. The summed E-state index contributed by atoms with van der Waals surface area (Å²) in [6, 6.07) is -0.242. The van der Waals surface area contributed by atoms with Crippen molar-refractivity contribution < 1.29 is 24.9 Å². The molecule has 7 heteroatoms. The van der Waals surface area contributed by atoms with E-state index in [2.05, 4.69) is 10.3 Å². The van der Waals surface area contributed by atoms with Crippen LogP contribution in [0, 0.1) is 0 Å². The summed E-state index contributed by atoms with van der Waals surface area (Å²) >= 11 is 0. The molecule has 0 aliphatic carbocycles. The fraction of sp³-hybridized carbons (Fsp3) is 0.222. The molecule has 16 heavy (non-hydrogen) atoms. The average Bonchev–Trinajstić information content (AvgIpc) is 2.25. The number of aliphatic carboxylic acids is 1. The van der Waals surface area contributed by atoms with Gasteiger partial charge in [0.15, 0.2) is 6.04 Å². The Morgan fingerprint density at radius 1 is 1.44 bits per heavy atom. The predicted octanol–water partition coefficient (Wildman–Crippen LogP) is -1.04. The number of carboxylic acids is 1. The van der Waals surface area contributed by atoms with Crippen molar-refractivity contribution in [2.24, 2.45) is 0 Å². The van der Waals surface area contributed by atoms with E-state index >= 15 is 0 Å². The fourth-order valence-corrected chi connectivity index (χ4v) is 0.979. The van der Waals surface area contributed by atoms with Crippen molar-refractivity contribution in [3.05, 3.63) is 24.0 Å². The molecule has 0 fully saturated rings. The molecule has 1 aromatic heterocycles. The topological polar surface area (TPSA) is 120 Å². The summed E-state index contributed by atoms with van der Waals surface area (Å²) in [5.41, 5.74) is 0.0136. The maximum atomic E-state index is 11.4. The molecule has 1 aromatic rings. The average molecular weight is 226 g/mol. The Hall–Kier alpha value is -2.15. The normalized spacial score (nSPS) is 11.8. The second-order valence-electron chi connectivity index (χ2n) is 2.98. The number of aromatic hydroxyl groups is 1. The van der Waals surface area contributed by atoms with Gasteiger partial charge in [-0.3, -0.25) is 9.78 Å². The highest BCUT2D eigenvalue weighted by molar-refractivity contribution is 5.96. The number of aliphatic hydroxyl groups is 1. The standard InChI is InChI=1S/C9H10N2O5/c12-4-7(9(15)16)11-8(14)5-1-6(13)3-10-2-5/h1-3,7,12-13H,4H2,(H,11,14)(H,15,16). The number of hydrogen-bond donors (Lipinski definition) is 4. The first-order valence-corrected chi connectivity index (χ1v) is 4.33. The van der Waals surface area contributed by atoms with Crippen LogP contribution in [0.2, 0.25) is 0 Å². The van der Waals surface area contributed by atoms with Crippen molar-refractivity contribution in [1.29, 1.82) is 0 Å². The molecule has 1 rings (SSSR count). The SMILES string of the molecule is O=C(NC(CO)C(=O)O)c1cncc(O)c1. The molecule has 0 aromatic carbocycles.